The summed E-state index contributed by atoms with van der Waals surface area (Å²) in [5.74, 6) is -0.422. The van der Waals surface area contributed by atoms with Crippen molar-refractivity contribution >= 4 is 46.3 Å². The Hall–Kier alpha value is -5.98. The van der Waals surface area contributed by atoms with Crippen LogP contribution in [0.3, 0.4) is 0 Å². The smallest absolute Gasteiger partial charge is 0.250 e. The molecule has 9 rings (SSSR count). The highest BCUT2D eigenvalue weighted by Crippen LogP contribution is 2.40. The molecule has 328 valence electrons. The molecular weight excluding hydrogens is 837 g/mol. The summed E-state index contributed by atoms with van der Waals surface area (Å²) in [6, 6.07) is 35.5. The van der Waals surface area contributed by atoms with Gasteiger partial charge >= 0.3 is 0 Å². The minimum Gasteiger partial charge on any atom is -0.355 e. The summed E-state index contributed by atoms with van der Waals surface area (Å²) in [5, 5.41) is 7.91. The predicted molar refractivity (Wildman–Crippen MR) is 253 cm³/mol. The minimum absolute atomic E-state index is 0.00175. The number of hydrogen-bond donors (Lipinski definition) is 2. The van der Waals surface area contributed by atoms with Crippen LogP contribution in [0.15, 0.2) is 122 Å². The van der Waals surface area contributed by atoms with E-state index in [0.29, 0.717) is 26.2 Å². The lowest BCUT2D eigenvalue weighted by Gasteiger charge is -2.28. The number of hydrogen-bond acceptors (Lipinski definition) is 8. The molecule has 6 aromatic rings. The number of carbonyl (C=O) groups excluding carboxylic acids is 4. The van der Waals surface area contributed by atoms with Gasteiger partial charge in [0.15, 0.2) is 0 Å². The number of aromatic nitrogens is 2. The fraction of sp³-hybridized carbons (Fsp3) is 0.346. The van der Waals surface area contributed by atoms with Crippen molar-refractivity contribution in [2.75, 3.05) is 19.6 Å². The zero-order valence-electron chi connectivity index (χ0n) is 36.2. The third-order valence-electron chi connectivity index (χ3n) is 12.5. The SMILES string of the molecule is CCCCN(Cc1ncc(-c2ccc(-c3ccc(-c4cnc([C@@H]5CCCN5C(=O)C(CNC(=O)C5CC5)c5ccccc5)s4)cc3)cc2)s1)C(=O)[C@H](NC(=O)C1CC1)c1ccccc1. The number of unbranched alkanes of at least 4 members (excludes halogenated alkanes) is 1. The number of nitrogens with zero attached hydrogens (tertiary/aromatic N) is 4. The Labute approximate surface area is 383 Å². The second-order valence-corrected chi connectivity index (χ2v) is 19.4. The van der Waals surface area contributed by atoms with E-state index in [2.05, 4.69) is 66.1 Å². The lowest BCUT2D eigenvalue weighted by molar-refractivity contribution is -0.137. The summed E-state index contributed by atoms with van der Waals surface area (Å²) in [5.41, 5.74) is 6.05. The molecule has 3 atom stereocenters. The molecule has 12 heteroatoms. The first-order valence-corrected chi connectivity index (χ1v) is 24.3. The van der Waals surface area contributed by atoms with Gasteiger partial charge in [-0.05, 0) is 78.3 Å². The van der Waals surface area contributed by atoms with Crippen LogP contribution in [0.2, 0.25) is 0 Å². The van der Waals surface area contributed by atoms with Crippen LogP contribution < -0.4 is 10.6 Å². The van der Waals surface area contributed by atoms with Gasteiger partial charge in [0.1, 0.15) is 16.1 Å². The Morgan fingerprint density at radius 1 is 0.703 bits per heavy atom. The largest absolute Gasteiger partial charge is 0.355 e. The van der Waals surface area contributed by atoms with Gasteiger partial charge in [0.2, 0.25) is 23.6 Å². The molecule has 3 aliphatic rings. The van der Waals surface area contributed by atoms with Crippen molar-refractivity contribution in [2.45, 2.75) is 82.8 Å². The monoisotopic (exact) mass is 890 g/mol. The molecular formula is C52H54N6O4S2. The molecule has 1 unspecified atom stereocenters. The van der Waals surface area contributed by atoms with Gasteiger partial charge in [0.25, 0.3) is 0 Å². The van der Waals surface area contributed by atoms with E-state index in [1.165, 1.54) is 0 Å². The average Bonchev–Trinajstić information content (AvgIpc) is 4.22. The summed E-state index contributed by atoms with van der Waals surface area (Å²) in [6.07, 6.45) is 11.0. The summed E-state index contributed by atoms with van der Waals surface area (Å²) < 4.78 is 0. The molecule has 3 heterocycles. The highest BCUT2D eigenvalue weighted by Gasteiger charge is 2.38. The summed E-state index contributed by atoms with van der Waals surface area (Å²) in [4.78, 5) is 69.3. The number of benzene rings is 4. The van der Waals surface area contributed by atoms with Gasteiger partial charge in [0.05, 0.1) is 28.3 Å². The maximum absolute atomic E-state index is 14.2. The van der Waals surface area contributed by atoms with E-state index in [1.807, 2.05) is 82.9 Å². The molecule has 2 aromatic heterocycles. The van der Waals surface area contributed by atoms with Gasteiger partial charge in [-0.2, -0.15) is 0 Å². The van der Waals surface area contributed by atoms with Gasteiger partial charge in [-0.3, -0.25) is 19.2 Å². The lowest BCUT2D eigenvalue weighted by Crippen LogP contribution is -2.43. The van der Waals surface area contributed by atoms with E-state index in [1.54, 1.807) is 22.7 Å². The zero-order chi connectivity index (χ0) is 44.0. The van der Waals surface area contributed by atoms with Gasteiger partial charge < -0.3 is 20.4 Å². The molecule has 4 aromatic carbocycles. The standard InChI is InChI=1S/C52H54N6O4S2/c1-2-3-28-57(52(62)47(39-13-8-5-9-14-39)56-49(60)41-26-27-41)33-46-53-31-44(63-46)37-20-16-34(17-21-37)35-18-22-38(23-19-35)45-32-55-50(64-45)43-15-10-29-58(43)51(61)42(36-11-6-4-7-12-36)30-54-48(59)40-24-25-40/h4-9,11-14,16-23,31-32,40-43,47H,2-3,10,15,24-30,33H2,1H3,(H,54,59)(H,56,60)/t42?,43-,47+/m0/s1. The lowest BCUT2D eigenvalue weighted by atomic mass is 9.97. The first-order valence-electron chi connectivity index (χ1n) is 22.7. The summed E-state index contributed by atoms with van der Waals surface area (Å²) in [6.45, 7) is 4.05. The summed E-state index contributed by atoms with van der Waals surface area (Å²) in [7, 11) is 0. The fourth-order valence-electron chi connectivity index (χ4n) is 8.46. The van der Waals surface area contributed by atoms with Crippen molar-refractivity contribution in [3.8, 4) is 32.0 Å². The number of rotatable bonds is 18. The highest BCUT2D eigenvalue weighted by molar-refractivity contribution is 7.15. The highest BCUT2D eigenvalue weighted by atomic mass is 32.1. The van der Waals surface area contributed by atoms with Crippen LogP contribution in [0.1, 0.15) is 97.4 Å². The maximum Gasteiger partial charge on any atom is 0.250 e. The second-order valence-electron chi connectivity index (χ2n) is 17.2. The Bertz CT molecular complexity index is 2550. The average molecular weight is 891 g/mol. The quantitative estimate of drug-likeness (QED) is 0.0886. The third-order valence-corrected chi connectivity index (χ3v) is 14.7. The Morgan fingerprint density at radius 3 is 1.91 bits per heavy atom. The minimum atomic E-state index is -0.732. The fourth-order valence-corrected chi connectivity index (χ4v) is 10.5. The number of carbonyl (C=O) groups is 4. The van der Waals surface area contributed by atoms with E-state index >= 15 is 0 Å². The normalized spacial score (nSPS) is 16.8. The molecule has 2 aliphatic carbocycles. The molecule has 3 fully saturated rings. The molecule has 10 nitrogen and oxygen atoms in total. The molecule has 0 bridgehead atoms. The Kier molecular flexibility index (Phi) is 13.4. The van der Waals surface area contributed by atoms with Crippen LogP contribution >= 0.6 is 22.7 Å². The maximum atomic E-state index is 14.2. The van der Waals surface area contributed by atoms with Crippen LogP contribution in [0.4, 0.5) is 0 Å². The van der Waals surface area contributed by atoms with Crippen molar-refractivity contribution in [3.63, 3.8) is 0 Å². The third kappa shape index (κ3) is 10.2. The van der Waals surface area contributed by atoms with E-state index in [4.69, 9.17) is 9.97 Å². The number of nitrogens with one attached hydrogen (secondary N) is 2. The molecule has 0 spiro atoms. The van der Waals surface area contributed by atoms with E-state index in [-0.39, 0.29) is 41.5 Å². The topological polar surface area (TPSA) is 125 Å². The molecule has 2 N–H and O–H groups in total. The predicted octanol–water partition coefficient (Wildman–Crippen LogP) is 9.97. The molecule has 2 saturated carbocycles. The molecule has 1 saturated heterocycles. The van der Waals surface area contributed by atoms with Crippen LogP contribution in [-0.2, 0) is 25.7 Å². The van der Waals surface area contributed by atoms with Crippen molar-refractivity contribution in [3.05, 3.63) is 143 Å². The van der Waals surface area contributed by atoms with Crippen molar-refractivity contribution < 1.29 is 19.2 Å². The number of thiazole rings is 2. The van der Waals surface area contributed by atoms with Crippen LogP contribution in [-0.4, -0.2) is 63.0 Å². The van der Waals surface area contributed by atoms with Gasteiger partial charge in [-0.25, -0.2) is 9.97 Å². The van der Waals surface area contributed by atoms with Gasteiger partial charge in [0, 0.05) is 43.9 Å². The number of likely N-dealkylation sites (tertiary alicyclic amines) is 1. The second kappa shape index (κ2) is 19.8. The molecule has 0 radical (unpaired) electrons. The Morgan fingerprint density at radius 2 is 1.28 bits per heavy atom. The van der Waals surface area contributed by atoms with Crippen molar-refractivity contribution in [2.24, 2.45) is 11.8 Å². The van der Waals surface area contributed by atoms with Crippen LogP contribution in [0, 0.1) is 11.8 Å². The van der Waals surface area contributed by atoms with E-state index in [0.717, 1.165) is 105 Å². The summed E-state index contributed by atoms with van der Waals surface area (Å²) >= 11 is 3.23. The molecule has 4 amide bonds. The van der Waals surface area contributed by atoms with Gasteiger partial charge in [-0.15, -0.1) is 22.7 Å². The van der Waals surface area contributed by atoms with Crippen molar-refractivity contribution in [1.29, 1.82) is 0 Å². The Balaban J connectivity index is 0.843. The van der Waals surface area contributed by atoms with Gasteiger partial charge in [-0.1, -0.05) is 123 Å². The van der Waals surface area contributed by atoms with Crippen molar-refractivity contribution in [1.82, 2.24) is 30.4 Å². The first-order chi connectivity index (χ1) is 31.3. The zero-order valence-corrected chi connectivity index (χ0v) is 37.8. The van der Waals surface area contributed by atoms with E-state index < -0.39 is 12.0 Å². The van der Waals surface area contributed by atoms with Crippen LogP contribution in [0.25, 0.3) is 32.0 Å². The van der Waals surface area contributed by atoms with Crippen LogP contribution in [0.5, 0.6) is 0 Å². The first kappa shape index (κ1) is 43.3. The molecule has 64 heavy (non-hydrogen) atoms. The molecule has 1 aliphatic heterocycles. The van der Waals surface area contributed by atoms with E-state index in [9.17, 15) is 19.2 Å². The number of amides is 4.